The van der Waals surface area contributed by atoms with Gasteiger partial charge in [0, 0.05) is 5.69 Å². The third-order valence-corrected chi connectivity index (χ3v) is 4.98. The van der Waals surface area contributed by atoms with Crippen molar-refractivity contribution in [2.45, 2.75) is 24.8 Å². The maximum Gasteiger partial charge on any atom is 0.242 e. The summed E-state index contributed by atoms with van der Waals surface area (Å²) in [5, 5.41) is 2.66. The summed E-state index contributed by atoms with van der Waals surface area (Å²) < 4.78 is 32.3. The minimum Gasteiger partial charge on any atom is -0.496 e. The molecular weight excluding hydrogens is 328 g/mol. The van der Waals surface area contributed by atoms with Crippen LogP contribution in [0.25, 0.3) is 0 Å². The summed E-state index contributed by atoms with van der Waals surface area (Å²) in [4.78, 5) is 12.2. The van der Waals surface area contributed by atoms with Crippen LogP contribution in [0.4, 0.5) is 5.69 Å². The Balaban J connectivity index is 2.10. The van der Waals surface area contributed by atoms with E-state index in [0.29, 0.717) is 17.0 Å². The molecule has 1 amide bonds. The molecule has 0 unspecified atom stereocenters. The number of hydrogen-bond donors (Lipinski definition) is 2. The third kappa shape index (κ3) is 4.33. The Morgan fingerprint density at radius 2 is 1.79 bits per heavy atom. The van der Waals surface area contributed by atoms with Crippen molar-refractivity contribution in [3.63, 3.8) is 0 Å². The molecule has 6 nitrogen and oxygen atoms in total. The molecule has 0 aliphatic carbocycles. The Labute approximate surface area is 141 Å². The van der Waals surface area contributed by atoms with E-state index in [9.17, 15) is 13.2 Å². The number of methoxy groups -OCH3 is 1. The van der Waals surface area contributed by atoms with Gasteiger partial charge in [-0.05, 0) is 49.7 Å². The van der Waals surface area contributed by atoms with E-state index in [0.717, 1.165) is 0 Å². The number of amides is 1. The van der Waals surface area contributed by atoms with Crippen LogP contribution in [0.15, 0.2) is 53.4 Å². The van der Waals surface area contributed by atoms with Crippen LogP contribution in [-0.4, -0.2) is 27.5 Å². The van der Waals surface area contributed by atoms with Gasteiger partial charge in [0.15, 0.2) is 0 Å². The molecule has 0 saturated carbocycles. The van der Waals surface area contributed by atoms with Crippen molar-refractivity contribution in [2.75, 3.05) is 12.4 Å². The lowest BCUT2D eigenvalue weighted by atomic mass is 10.2. The predicted octanol–water partition coefficient (Wildman–Crippen LogP) is 2.31. The fourth-order valence-corrected chi connectivity index (χ4v) is 3.43. The summed E-state index contributed by atoms with van der Waals surface area (Å²) in [6.45, 7) is 3.25. The molecule has 0 bridgehead atoms. The molecule has 128 valence electrons. The van der Waals surface area contributed by atoms with Gasteiger partial charge in [-0.2, -0.15) is 4.72 Å². The van der Waals surface area contributed by atoms with Gasteiger partial charge in [0.1, 0.15) is 5.75 Å². The molecule has 0 aliphatic rings. The highest BCUT2D eigenvalue weighted by atomic mass is 32.2. The van der Waals surface area contributed by atoms with Gasteiger partial charge in [-0.1, -0.05) is 18.2 Å². The van der Waals surface area contributed by atoms with Crippen LogP contribution in [0.3, 0.4) is 0 Å². The average molecular weight is 348 g/mol. The van der Waals surface area contributed by atoms with Gasteiger partial charge in [0.25, 0.3) is 0 Å². The Morgan fingerprint density at radius 3 is 2.38 bits per heavy atom. The van der Waals surface area contributed by atoms with E-state index in [1.807, 2.05) is 6.07 Å². The van der Waals surface area contributed by atoms with Gasteiger partial charge in [-0.25, -0.2) is 8.42 Å². The molecule has 0 aromatic heterocycles. The predicted molar refractivity (Wildman–Crippen MR) is 92.6 cm³/mol. The van der Waals surface area contributed by atoms with Crippen molar-refractivity contribution >= 4 is 21.6 Å². The van der Waals surface area contributed by atoms with Gasteiger partial charge in [-0.15, -0.1) is 0 Å². The summed E-state index contributed by atoms with van der Waals surface area (Å²) >= 11 is 0. The second-order valence-corrected chi connectivity index (χ2v) is 7.04. The maximum absolute atomic E-state index is 12.4. The van der Waals surface area contributed by atoms with Gasteiger partial charge >= 0.3 is 0 Å². The molecule has 2 N–H and O–H groups in total. The highest BCUT2D eigenvalue weighted by Crippen LogP contribution is 2.21. The first kappa shape index (κ1) is 18.0. The van der Waals surface area contributed by atoms with E-state index in [1.54, 1.807) is 37.3 Å². The van der Waals surface area contributed by atoms with Crippen molar-refractivity contribution in [1.82, 2.24) is 4.72 Å². The lowest BCUT2D eigenvalue weighted by molar-refractivity contribution is -0.117. The van der Waals surface area contributed by atoms with Crippen molar-refractivity contribution in [3.8, 4) is 5.75 Å². The van der Waals surface area contributed by atoms with Crippen molar-refractivity contribution in [2.24, 2.45) is 0 Å². The number of para-hydroxylation sites is 1. The average Bonchev–Trinajstić information content (AvgIpc) is 2.55. The second-order valence-electron chi connectivity index (χ2n) is 5.33. The molecule has 1 atom stereocenters. The van der Waals surface area contributed by atoms with Gasteiger partial charge in [-0.3, -0.25) is 4.79 Å². The monoisotopic (exact) mass is 348 g/mol. The fourth-order valence-electron chi connectivity index (χ4n) is 2.14. The second kappa shape index (κ2) is 7.46. The lowest BCUT2D eigenvalue weighted by Crippen LogP contribution is -2.41. The minimum absolute atomic E-state index is 0.0835. The number of carbonyl (C=O) groups excluding carboxylic acids is 1. The van der Waals surface area contributed by atoms with Crippen LogP contribution >= 0.6 is 0 Å². The molecule has 0 spiro atoms. The number of carbonyl (C=O) groups is 1. The molecule has 0 saturated heterocycles. The third-order valence-electron chi connectivity index (χ3n) is 3.44. The molecule has 2 aromatic carbocycles. The number of aryl methyl sites for hydroxylation is 1. The zero-order valence-corrected chi connectivity index (χ0v) is 14.6. The molecule has 0 heterocycles. The van der Waals surface area contributed by atoms with Crippen LogP contribution in [0.5, 0.6) is 5.75 Å². The Morgan fingerprint density at radius 1 is 1.12 bits per heavy atom. The quantitative estimate of drug-likeness (QED) is 0.839. The normalized spacial score (nSPS) is 12.5. The number of anilines is 1. The zero-order valence-electron chi connectivity index (χ0n) is 13.7. The van der Waals surface area contributed by atoms with Gasteiger partial charge in [0.2, 0.25) is 15.9 Å². The summed E-state index contributed by atoms with van der Waals surface area (Å²) in [5.74, 6) is 0.166. The van der Waals surface area contributed by atoms with E-state index >= 15 is 0 Å². The number of rotatable bonds is 6. The number of ether oxygens (including phenoxy) is 1. The zero-order chi connectivity index (χ0) is 17.7. The topological polar surface area (TPSA) is 84.5 Å². The van der Waals surface area contributed by atoms with Crippen molar-refractivity contribution < 1.29 is 17.9 Å². The standard InChI is InChI=1S/C17H20N2O4S/c1-12-11-15(9-10-16(12)23-3)24(21,22)19-13(2)17(20)18-14-7-5-4-6-8-14/h4-11,13,19H,1-3H3,(H,18,20)/t13-/m0/s1. The molecule has 24 heavy (non-hydrogen) atoms. The van der Waals surface area contributed by atoms with Crippen LogP contribution in [0, 0.1) is 6.92 Å². The molecule has 2 aromatic rings. The highest BCUT2D eigenvalue weighted by Gasteiger charge is 2.22. The van der Waals surface area contributed by atoms with Crippen molar-refractivity contribution in [3.05, 3.63) is 54.1 Å². The summed E-state index contributed by atoms with van der Waals surface area (Å²) in [6, 6.07) is 12.5. The molecule has 0 fully saturated rings. The first-order valence-corrected chi connectivity index (χ1v) is 8.84. The van der Waals surface area contributed by atoms with E-state index in [1.165, 1.54) is 26.2 Å². The summed E-state index contributed by atoms with van der Waals surface area (Å²) in [7, 11) is -2.29. The summed E-state index contributed by atoms with van der Waals surface area (Å²) in [6.07, 6.45) is 0. The number of nitrogens with one attached hydrogen (secondary N) is 2. The van der Waals surface area contributed by atoms with Crippen LogP contribution in [0.2, 0.25) is 0 Å². The van der Waals surface area contributed by atoms with E-state index in [-0.39, 0.29) is 4.90 Å². The van der Waals surface area contributed by atoms with E-state index in [2.05, 4.69) is 10.0 Å². The van der Waals surface area contributed by atoms with Crippen molar-refractivity contribution in [1.29, 1.82) is 0 Å². The highest BCUT2D eigenvalue weighted by molar-refractivity contribution is 7.89. The van der Waals surface area contributed by atoms with E-state index in [4.69, 9.17) is 4.74 Å². The largest absolute Gasteiger partial charge is 0.496 e. The Bertz CT molecular complexity index is 820. The first-order valence-electron chi connectivity index (χ1n) is 7.36. The first-order chi connectivity index (χ1) is 11.3. The maximum atomic E-state index is 12.4. The van der Waals surface area contributed by atoms with Crippen LogP contribution in [-0.2, 0) is 14.8 Å². The SMILES string of the molecule is COc1ccc(S(=O)(=O)N[C@@H](C)C(=O)Nc2ccccc2)cc1C. The summed E-state index contributed by atoms with van der Waals surface area (Å²) in [5.41, 5.74) is 1.30. The molecule has 7 heteroatoms. The van der Waals surface area contributed by atoms with Crippen LogP contribution in [0.1, 0.15) is 12.5 Å². The van der Waals surface area contributed by atoms with Gasteiger partial charge in [0.05, 0.1) is 18.0 Å². The molecule has 0 aliphatic heterocycles. The minimum atomic E-state index is -3.81. The van der Waals surface area contributed by atoms with E-state index < -0.39 is 22.0 Å². The Kier molecular flexibility index (Phi) is 5.58. The Hall–Kier alpha value is -2.38. The number of benzene rings is 2. The molecular formula is C17H20N2O4S. The number of hydrogen-bond acceptors (Lipinski definition) is 4. The smallest absolute Gasteiger partial charge is 0.242 e. The molecule has 2 rings (SSSR count). The lowest BCUT2D eigenvalue weighted by Gasteiger charge is -2.15. The number of sulfonamides is 1. The fraction of sp³-hybridized carbons (Fsp3) is 0.235. The molecule has 0 radical (unpaired) electrons. The van der Waals surface area contributed by atoms with Gasteiger partial charge < -0.3 is 10.1 Å². The van der Waals surface area contributed by atoms with Crippen LogP contribution < -0.4 is 14.8 Å².